The van der Waals surface area contributed by atoms with Crippen LogP contribution in [0.3, 0.4) is 0 Å². The maximum atomic E-state index is 11.0. The first kappa shape index (κ1) is 11.6. The molecular weight excluding hydrogens is 339 g/mol. The van der Waals surface area contributed by atoms with Gasteiger partial charge < -0.3 is 9.67 Å². The van der Waals surface area contributed by atoms with Crippen LogP contribution in [-0.2, 0) is 13.0 Å². The third-order valence-corrected chi connectivity index (χ3v) is 3.56. The molecule has 0 unspecified atom stereocenters. The van der Waals surface area contributed by atoms with Crippen molar-refractivity contribution >= 4 is 39.9 Å². The highest BCUT2D eigenvalue weighted by molar-refractivity contribution is 14.1. The number of rotatable bonds is 4. The second-order valence-electron chi connectivity index (χ2n) is 3.22. The number of aromatic carboxylic acids is 1. The van der Waals surface area contributed by atoms with Gasteiger partial charge in [0.1, 0.15) is 5.69 Å². The molecule has 4 nitrogen and oxygen atoms in total. The van der Waals surface area contributed by atoms with E-state index in [4.69, 9.17) is 5.11 Å². The third kappa shape index (κ3) is 2.62. The number of nitrogens with zero attached hydrogens (tertiary/aromatic N) is 2. The molecule has 0 bridgehead atoms. The number of carboxylic acid groups (broad SMARTS) is 1. The second-order valence-corrected chi connectivity index (χ2v) is 5.44. The Bertz CT molecular complexity index is 493. The molecule has 0 amide bonds. The average Bonchev–Trinajstić information content (AvgIpc) is 2.83. The number of aryl methyl sites for hydroxylation is 2. The molecule has 0 fully saturated rings. The van der Waals surface area contributed by atoms with Crippen LogP contribution in [0.2, 0.25) is 0 Å². The van der Waals surface area contributed by atoms with E-state index in [1.807, 2.05) is 11.6 Å². The van der Waals surface area contributed by atoms with Crippen LogP contribution in [0.15, 0.2) is 23.8 Å². The van der Waals surface area contributed by atoms with Gasteiger partial charge in [-0.1, -0.05) is 0 Å². The van der Waals surface area contributed by atoms with Gasteiger partial charge in [-0.2, -0.15) is 0 Å². The summed E-state index contributed by atoms with van der Waals surface area (Å²) in [5.74, 6) is -0.887. The number of halogens is 1. The molecule has 2 aromatic rings. The highest BCUT2D eigenvalue weighted by Crippen LogP contribution is 2.13. The van der Waals surface area contributed by atoms with E-state index in [1.165, 1.54) is 0 Å². The molecule has 1 N–H and O–H groups in total. The summed E-state index contributed by atoms with van der Waals surface area (Å²) in [5.41, 5.74) is 0.334. The van der Waals surface area contributed by atoms with Crippen molar-refractivity contribution in [1.82, 2.24) is 9.55 Å². The largest absolute Gasteiger partial charge is 0.477 e. The lowest BCUT2D eigenvalue weighted by Crippen LogP contribution is -2.09. The molecule has 0 atom stereocenters. The summed E-state index contributed by atoms with van der Waals surface area (Å²) in [6.45, 7) is 0.651. The molecule has 0 aliphatic heterocycles. The summed E-state index contributed by atoms with van der Waals surface area (Å²) in [6, 6.07) is 1.67. The molecule has 0 saturated carbocycles. The molecule has 2 aromatic heterocycles. The molecular formula is C10H9IN2O2S. The standard InChI is InChI=1S/C10H9IN2O2S/c11-7-5-8(10(14)15)13(6-7)3-1-9-12-2-4-16-9/h2,4-6H,1,3H2,(H,14,15). The smallest absolute Gasteiger partial charge is 0.352 e. The molecule has 2 heterocycles. The van der Waals surface area contributed by atoms with Crippen molar-refractivity contribution in [2.45, 2.75) is 13.0 Å². The van der Waals surface area contributed by atoms with Gasteiger partial charge in [-0.3, -0.25) is 0 Å². The van der Waals surface area contributed by atoms with Gasteiger partial charge in [0, 0.05) is 34.3 Å². The highest BCUT2D eigenvalue weighted by atomic mass is 127. The number of carboxylic acids is 1. The lowest BCUT2D eigenvalue weighted by molar-refractivity contribution is 0.0685. The van der Waals surface area contributed by atoms with Crippen LogP contribution < -0.4 is 0 Å². The fourth-order valence-electron chi connectivity index (χ4n) is 1.43. The molecule has 2 rings (SSSR count). The summed E-state index contributed by atoms with van der Waals surface area (Å²) < 4.78 is 2.69. The first-order valence-electron chi connectivity index (χ1n) is 4.64. The predicted molar refractivity (Wildman–Crippen MR) is 69.9 cm³/mol. The van der Waals surface area contributed by atoms with Gasteiger partial charge in [0.2, 0.25) is 0 Å². The Morgan fingerprint density at radius 1 is 1.62 bits per heavy atom. The Labute approximate surface area is 110 Å². The first-order chi connectivity index (χ1) is 7.66. The highest BCUT2D eigenvalue weighted by Gasteiger charge is 2.11. The summed E-state index contributed by atoms with van der Waals surface area (Å²) >= 11 is 3.71. The zero-order valence-electron chi connectivity index (χ0n) is 8.26. The topological polar surface area (TPSA) is 55.1 Å². The number of carbonyl (C=O) groups is 1. The quantitative estimate of drug-likeness (QED) is 0.864. The third-order valence-electron chi connectivity index (χ3n) is 2.13. The van der Waals surface area contributed by atoms with Gasteiger partial charge in [-0.15, -0.1) is 11.3 Å². The zero-order valence-corrected chi connectivity index (χ0v) is 11.2. The van der Waals surface area contributed by atoms with Crippen molar-refractivity contribution in [3.63, 3.8) is 0 Å². The fraction of sp³-hybridized carbons (Fsp3) is 0.200. The second kappa shape index (κ2) is 4.96. The monoisotopic (exact) mass is 348 g/mol. The van der Waals surface area contributed by atoms with Crippen molar-refractivity contribution in [3.8, 4) is 0 Å². The van der Waals surface area contributed by atoms with E-state index in [2.05, 4.69) is 27.6 Å². The van der Waals surface area contributed by atoms with Crippen molar-refractivity contribution in [1.29, 1.82) is 0 Å². The molecule has 0 aromatic carbocycles. The number of hydrogen-bond donors (Lipinski definition) is 1. The predicted octanol–water partition coefficient (Wildman–Crippen LogP) is 2.49. The minimum absolute atomic E-state index is 0.334. The summed E-state index contributed by atoms with van der Waals surface area (Å²) in [4.78, 5) is 15.1. The van der Waals surface area contributed by atoms with Crippen LogP contribution in [-0.4, -0.2) is 20.6 Å². The summed E-state index contributed by atoms with van der Waals surface area (Å²) in [5, 5.41) is 12.0. The van der Waals surface area contributed by atoms with Gasteiger partial charge in [0.15, 0.2) is 0 Å². The van der Waals surface area contributed by atoms with Crippen LogP contribution in [0.1, 0.15) is 15.5 Å². The molecule has 0 saturated heterocycles. The first-order valence-corrected chi connectivity index (χ1v) is 6.60. The van der Waals surface area contributed by atoms with Crippen LogP contribution in [0, 0.1) is 3.57 Å². The number of aromatic nitrogens is 2. The van der Waals surface area contributed by atoms with Crippen LogP contribution in [0.25, 0.3) is 0 Å². The fourth-order valence-corrected chi connectivity index (χ4v) is 2.67. The maximum absolute atomic E-state index is 11.0. The van der Waals surface area contributed by atoms with E-state index in [0.717, 1.165) is 15.0 Å². The summed E-state index contributed by atoms with van der Waals surface area (Å²) in [7, 11) is 0. The Kier molecular flexibility index (Phi) is 3.59. The van der Waals surface area contributed by atoms with Gasteiger partial charge in [-0.05, 0) is 28.7 Å². The van der Waals surface area contributed by atoms with E-state index in [1.54, 1.807) is 28.2 Å². The molecule has 16 heavy (non-hydrogen) atoms. The van der Waals surface area contributed by atoms with Gasteiger partial charge >= 0.3 is 5.97 Å². The number of thiazole rings is 1. The lowest BCUT2D eigenvalue weighted by Gasteiger charge is -2.03. The van der Waals surface area contributed by atoms with Crippen LogP contribution >= 0.6 is 33.9 Å². The Balaban J connectivity index is 2.12. The number of hydrogen-bond acceptors (Lipinski definition) is 3. The zero-order chi connectivity index (χ0) is 11.5. The summed E-state index contributed by atoms with van der Waals surface area (Å²) in [6.07, 6.45) is 4.37. The van der Waals surface area contributed by atoms with Crippen molar-refractivity contribution in [2.24, 2.45) is 0 Å². The minimum atomic E-state index is -0.887. The molecule has 0 aliphatic carbocycles. The van der Waals surface area contributed by atoms with E-state index in [0.29, 0.717) is 12.2 Å². The van der Waals surface area contributed by atoms with E-state index >= 15 is 0 Å². The van der Waals surface area contributed by atoms with Crippen LogP contribution in [0.4, 0.5) is 0 Å². The van der Waals surface area contributed by atoms with E-state index in [-0.39, 0.29) is 0 Å². The van der Waals surface area contributed by atoms with Gasteiger partial charge in [0.05, 0.1) is 5.01 Å². The van der Waals surface area contributed by atoms with Crippen molar-refractivity contribution in [3.05, 3.63) is 38.1 Å². The van der Waals surface area contributed by atoms with Crippen LogP contribution in [0.5, 0.6) is 0 Å². The van der Waals surface area contributed by atoms with Crippen molar-refractivity contribution in [2.75, 3.05) is 0 Å². The molecule has 0 radical (unpaired) electrons. The molecule has 0 spiro atoms. The lowest BCUT2D eigenvalue weighted by atomic mass is 10.4. The van der Waals surface area contributed by atoms with Gasteiger partial charge in [0.25, 0.3) is 0 Å². The average molecular weight is 348 g/mol. The molecule has 84 valence electrons. The minimum Gasteiger partial charge on any atom is -0.477 e. The Morgan fingerprint density at radius 2 is 2.44 bits per heavy atom. The van der Waals surface area contributed by atoms with Gasteiger partial charge in [-0.25, -0.2) is 9.78 Å². The Hall–Kier alpha value is -0.890. The normalized spacial score (nSPS) is 10.6. The van der Waals surface area contributed by atoms with E-state index in [9.17, 15) is 4.79 Å². The molecule has 6 heteroatoms. The maximum Gasteiger partial charge on any atom is 0.352 e. The molecule has 0 aliphatic rings. The van der Waals surface area contributed by atoms with E-state index < -0.39 is 5.97 Å². The van der Waals surface area contributed by atoms with Crippen molar-refractivity contribution < 1.29 is 9.90 Å². The Morgan fingerprint density at radius 3 is 3.06 bits per heavy atom. The SMILES string of the molecule is O=C(O)c1cc(I)cn1CCc1nccs1.